The third kappa shape index (κ3) is 13.6. The van der Waals surface area contributed by atoms with E-state index in [-0.39, 0.29) is 63.1 Å². The number of benzene rings is 1. The molecule has 1 aromatic rings. The Bertz CT molecular complexity index is 2390. The standard InChI is InChI=1S/C38H52N2O15S4/c1-37(2,3)35-24-27(30-15-13-28(25-33(30)55-35)39(18-7-21-56(43,44)45)19-8-22-57(46,47)48)10-5-11-34-38(4,17-6-12-36(41)42)31-26-29(59(52,53)54)14-16-32(31)40(34)20-9-23-58(49,50)51/h5,10-11,13-16,24-26,33H,6-9,12,17-23H2,1-4H3,(H,41,42)(H,43,44,45)(H,46,47,48)(H,49,50,51)(H,52,53,54)/b10-5+,34-11-. The van der Waals surface area contributed by atoms with Crippen molar-refractivity contribution in [1.29, 1.82) is 0 Å². The van der Waals surface area contributed by atoms with Gasteiger partial charge in [0.1, 0.15) is 11.9 Å². The maximum absolute atomic E-state index is 12.2. The van der Waals surface area contributed by atoms with Gasteiger partial charge in [-0.05, 0) is 92.7 Å². The number of rotatable bonds is 20. The van der Waals surface area contributed by atoms with Crippen LogP contribution in [0.2, 0.25) is 0 Å². The van der Waals surface area contributed by atoms with Crippen LogP contribution < -0.4 is 4.90 Å². The second-order valence-electron chi connectivity index (χ2n) is 15.8. The maximum Gasteiger partial charge on any atom is 0.303 e. The molecule has 21 heteroatoms. The summed E-state index contributed by atoms with van der Waals surface area (Å²) < 4.78 is 138. The average molecular weight is 905 g/mol. The first-order valence-electron chi connectivity index (χ1n) is 18.7. The highest BCUT2D eigenvalue weighted by Crippen LogP contribution is 2.51. The van der Waals surface area contributed by atoms with Crippen LogP contribution in [0.1, 0.15) is 71.8 Å². The molecule has 0 spiro atoms. The summed E-state index contributed by atoms with van der Waals surface area (Å²) in [4.78, 5) is 14.7. The van der Waals surface area contributed by atoms with Crippen molar-refractivity contribution < 1.29 is 66.5 Å². The molecule has 59 heavy (non-hydrogen) atoms. The predicted molar refractivity (Wildman–Crippen MR) is 221 cm³/mol. The number of fused-ring (bicyclic) bond motifs is 2. The van der Waals surface area contributed by atoms with Gasteiger partial charge in [0.2, 0.25) is 0 Å². The summed E-state index contributed by atoms with van der Waals surface area (Å²) in [6, 6.07) is 4.03. The van der Waals surface area contributed by atoms with E-state index in [0.29, 0.717) is 28.4 Å². The minimum atomic E-state index is -4.64. The van der Waals surface area contributed by atoms with Crippen molar-refractivity contribution in [2.45, 2.75) is 82.6 Å². The lowest BCUT2D eigenvalue weighted by Crippen LogP contribution is -2.31. The van der Waals surface area contributed by atoms with Crippen LogP contribution >= 0.6 is 0 Å². The van der Waals surface area contributed by atoms with Crippen LogP contribution in [-0.4, -0.2) is 111 Å². The van der Waals surface area contributed by atoms with Crippen molar-refractivity contribution in [1.82, 2.24) is 4.90 Å². The van der Waals surface area contributed by atoms with E-state index in [0.717, 1.165) is 11.1 Å². The second kappa shape index (κ2) is 18.4. The zero-order valence-electron chi connectivity index (χ0n) is 33.2. The van der Waals surface area contributed by atoms with Gasteiger partial charge in [0.15, 0.2) is 0 Å². The third-order valence-corrected chi connectivity index (χ3v) is 13.4. The lowest BCUT2D eigenvalue weighted by molar-refractivity contribution is -0.137. The number of hydrogen-bond acceptors (Lipinski definition) is 12. The Kier molecular flexibility index (Phi) is 14.9. The first kappa shape index (κ1) is 47.8. The molecule has 328 valence electrons. The van der Waals surface area contributed by atoms with Gasteiger partial charge in [-0.1, -0.05) is 39.0 Å². The quantitative estimate of drug-likeness (QED) is 0.109. The molecule has 4 rings (SSSR count). The van der Waals surface area contributed by atoms with Crippen LogP contribution in [0.3, 0.4) is 0 Å². The predicted octanol–water partition coefficient (Wildman–Crippen LogP) is 4.92. The van der Waals surface area contributed by atoms with E-state index in [1.54, 1.807) is 40.2 Å². The molecule has 0 bridgehead atoms. The lowest BCUT2D eigenvalue weighted by Gasteiger charge is -2.35. The first-order chi connectivity index (χ1) is 27.1. The summed E-state index contributed by atoms with van der Waals surface area (Å²) in [5.41, 5.74) is 2.12. The molecule has 0 fully saturated rings. The molecule has 0 aromatic heterocycles. The molecule has 2 aliphatic heterocycles. The normalized spacial score (nSPS) is 20.7. The van der Waals surface area contributed by atoms with Gasteiger partial charge in [-0.25, -0.2) is 0 Å². The molecular formula is C38H52N2O15S4. The van der Waals surface area contributed by atoms with E-state index >= 15 is 0 Å². The van der Waals surface area contributed by atoms with Gasteiger partial charge < -0.3 is 19.6 Å². The highest BCUT2D eigenvalue weighted by atomic mass is 32.2. The Morgan fingerprint density at radius 2 is 1.47 bits per heavy atom. The van der Waals surface area contributed by atoms with Crippen LogP contribution in [0.4, 0.5) is 5.69 Å². The molecule has 3 aliphatic rings. The van der Waals surface area contributed by atoms with Crippen LogP contribution in [0, 0.1) is 5.41 Å². The zero-order valence-corrected chi connectivity index (χ0v) is 36.4. The van der Waals surface area contributed by atoms with Crippen LogP contribution in [0.25, 0.3) is 0 Å². The maximum atomic E-state index is 12.2. The summed E-state index contributed by atoms with van der Waals surface area (Å²) >= 11 is 0. The summed E-state index contributed by atoms with van der Waals surface area (Å²) in [7, 11) is -17.5. The number of aliphatic carboxylic acids is 1. The van der Waals surface area contributed by atoms with E-state index in [9.17, 15) is 61.8 Å². The van der Waals surface area contributed by atoms with Gasteiger partial charge in [0.25, 0.3) is 40.5 Å². The topological polar surface area (TPSA) is 270 Å². The van der Waals surface area contributed by atoms with Gasteiger partial charge in [-0.3, -0.25) is 23.0 Å². The highest BCUT2D eigenvalue weighted by Gasteiger charge is 2.44. The molecule has 5 N–H and O–H groups in total. The molecule has 2 heterocycles. The summed E-state index contributed by atoms with van der Waals surface area (Å²) in [5.74, 6) is -2.01. The van der Waals surface area contributed by atoms with Gasteiger partial charge >= 0.3 is 5.97 Å². The number of carboxylic acids is 1. The number of nitrogens with zero attached hydrogens (tertiary/aromatic N) is 2. The Balaban J connectivity index is 1.80. The number of ether oxygens (including phenoxy) is 1. The smallest absolute Gasteiger partial charge is 0.303 e. The molecule has 0 saturated carbocycles. The van der Waals surface area contributed by atoms with E-state index in [1.165, 1.54) is 18.2 Å². The van der Waals surface area contributed by atoms with E-state index in [1.807, 2.05) is 39.8 Å². The van der Waals surface area contributed by atoms with Crippen LogP contribution in [0.5, 0.6) is 0 Å². The monoisotopic (exact) mass is 904 g/mol. The molecular weight excluding hydrogens is 853 g/mol. The van der Waals surface area contributed by atoms with Crippen molar-refractivity contribution in [3.8, 4) is 0 Å². The number of carbonyl (C=O) groups is 1. The minimum absolute atomic E-state index is 0.0152. The van der Waals surface area contributed by atoms with Gasteiger partial charge in [-0.2, -0.15) is 33.7 Å². The van der Waals surface area contributed by atoms with Crippen LogP contribution in [0.15, 0.2) is 93.9 Å². The minimum Gasteiger partial charge on any atom is -0.485 e. The zero-order chi connectivity index (χ0) is 44.2. The number of allylic oxidation sites excluding steroid dienone is 8. The van der Waals surface area contributed by atoms with Crippen molar-refractivity contribution in [3.05, 3.63) is 94.6 Å². The number of hydrogen-bond donors (Lipinski definition) is 5. The van der Waals surface area contributed by atoms with E-state index < -0.39 is 80.6 Å². The summed E-state index contributed by atoms with van der Waals surface area (Å²) in [6.45, 7) is 8.02. The Morgan fingerprint density at radius 3 is 2.02 bits per heavy atom. The average Bonchev–Trinajstić information content (AvgIpc) is 3.30. The molecule has 0 amide bonds. The van der Waals surface area contributed by atoms with Crippen molar-refractivity contribution in [2.24, 2.45) is 5.41 Å². The molecule has 0 saturated heterocycles. The fraction of sp³-hybridized carbons (Fsp3) is 0.500. The van der Waals surface area contributed by atoms with E-state index in [4.69, 9.17) is 4.74 Å². The Morgan fingerprint density at radius 1 is 0.881 bits per heavy atom. The summed E-state index contributed by atoms with van der Waals surface area (Å²) in [5, 5.41) is 9.44. The fourth-order valence-corrected chi connectivity index (χ4v) is 9.24. The molecule has 2 unspecified atom stereocenters. The Labute approximate surface area is 346 Å². The molecule has 2 atom stereocenters. The van der Waals surface area contributed by atoms with Gasteiger partial charge in [0, 0.05) is 59.5 Å². The lowest BCUT2D eigenvalue weighted by atomic mass is 9.77. The van der Waals surface area contributed by atoms with Gasteiger partial charge in [0.05, 0.1) is 22.2 Å². The molecule has 1 aromatic carbocycles. The van der Waals surface area contributed by atoms with E-state index in [2.05, 4.69) is 0 Å². The largest absolute Gasteiger partial charge is 0.485 e. The number of anilines is 1. The molecule has 17 nitrogen and oxygen atoms in total. The van der Waals surface area contributed by atoms with Crippen molar-refractivity contribution in [3.63, 3.8) is 0 Å². The molecule has 0 radical (unpaired) electrons. The third-order valence-electron chi connectivity index (χ3n) is 10.1. The SMILES string of the molecule is CC(C)(C)C1=CC(/C=C/C=C2\N(CCCS(=O)(=O)O)c3ccc(S(=O)(=O)O)cc3C2(C)CCCC(=O)O)=C2C=CC(N(CCCS(=O)(=O)O)CCCS(=O)(=O)O)=CC2O1. The summed E-state index contributed by atoms with van der Waals surface area (Å²) in [6.07, 6.45) is 12.2. The fourth-order valence-electron chi connectivity index (χ4n) is 7.26. The molecule has 1 aliphatic carbocycles. The van der Waals surface area contributed by atoms with Crippen molar-refractivity contribution >= 4 is 52.1 Å². The highest BCUT2D eigenvalue weighted by molar-refractivity contribution is 7.86. The van der Waals surface area contributed by atoms with Gasteiger partial charge in [-0.15, -0.1) is 0 Å². The second-order valence-corrected chi connectivity index (χ2v) is 22.0. The van der Waals surface area contributed by atoms with Crippen molar-refractivity contribution in [2.75, 3.05) is 41.8 Å². The van der Waals surface area contributed by atoms with Crippen LogP contribution in [-0.2, 0) is 55.4 Å². The number of carboxylic acid groups (broad SMARTS) is 1. The first-order valence-corrected chi connectivity index (χ1v) is 25.0. The Hall–Kier alpha value is -3.83.